The highest BCUT2D eigenvalue weighted by atomic mass is 32.1. The zero-order valence-electron chi connectivity index (χ0n) is 12.7. The van der Waals surface area contributed by atoms with Crippen LogP contribution in [0.4, 0.5) is 0 Å². The SMILES string of the molecule is COc1ccc(-c2nn3cc(-c4ccc(O)cc4O)nc3s2)cc1. The van der Waals surface area contributed by atoms with Gasteiger partial charge in [-0.25, -0.2) is 9.50 Å². The first-order chi connectivity index (χ1) is 11.6. The Morgan fingerprint density at radius 2 is 1.88 bits per heavy atom. The minimum Gasteiger partial charge on any atom is -0.508 e. The molecule has 0 radical (unpaired) electrons. The molecule has 0 aliphatic carbocycles. The first kappa shape index (κ1) is 14.5. The molecule has 0 bridgehead atoms. The second kappa shape index (κ2) is 5.54. The van der Waals surface area contributed by atoms with Crippen molar-refractivity contribution in [2.24, 2.45) is 0 Å². The van der Waals surface area contributed by atoms with Gasteiger partial charge >= 0.3 is 0 Å². The second-order valence-corrected chi connectivity index (χ2v) is 6.15. The molecule has 4 rings (SSSR count). The third-order valence-electron chi connectivity index (χ3n) is 3.64. The summed E-state index contributed by atoms with van der Waals surface area (Å²) < 4.78 is 6.84. The standard InChI is InChI=1S/C17H13N3O3S/c1-23-12-5-2-10(3-6-12)16-19-20-9-14(18-17(20)24-16)13-7-4-11(21)8-15(13)22/h2-9,21-22H,1H3. The van der Waals surface area contributed by atoms with E-state index in [2.05, 4.69) is 10.1 Å². The Balaban J connectivity index is 1.71. The summed E-state index contributed by atoms with van der Waals surface area (Å²) in [4.78, 5) is 5.23. The molecule has 2 aromatic heterocycles. The van der Waals surface area contributed by atoms with Crippen LogP contribution in [0.15, 0.2) is 48.7 Å². The van der Waals surface area contributed by atoms with E-state index in [9.17, 15) is 10.2 Å². The molecule has 0 atom stereocenters. The lowest BCUT2D eigenvalue weighted by atomic mass is 10.1. The van der Waals surface area contributed by atoms with Gasteiger partial charge in [0.25, 0.3) is 0 Å². The largest absolute Gasteiger partial charge is 0.508 e. The highest BCUT2D eigenvalue weighted by Gasteiger charge is 2.13. The van der Waals surface area contributed by atoms with Crippen LogP contribution in [0.1, 0.15) is 0 Å². The number of ether oxygens (including phenoxy) is 1. The van der Waals surface area contributed by atoms with Crippen LogP contribution < -0.4 is 4.74 Å². The fourth-order valence-electron chi connectivity index (χ4n) is 2.42. The number of benzene rings is 2. The number of hydrogen-bond donors (Lipinski definition) is 2. The Kier molecular flexibility index (Phi) is 3.35. The molecule has 2 heterocycles. The van der Waals surface area contributed by atoms with Gasteiger partial charge in [0, 0.05) is 17.2 Å². The van der Waals surface area contributed by atoms with E-state index in [0.29, 0.717) is 11.3 Å². The molecule has 0 saturated heterocycles. The summed E-state index contributed by atoms with van der Waals surface area (Å²) in [6, 6.07) is 12.1. The van der Waals surface area contributed by atoms with E-state index in [1.165, 1.54) is 23.5 Å². The summed E-state index contributed by atoms with van der Waals surface area (Å²) in [5.74, 6) is 0.790. The Bertz CT molecular complexity index is 990. The van der Waals surface area contributed by atoms with Crippen molar-refractivity contribution in [1.29, 1.82) is 0 Å². The third-order valence-corrected chi connectivity index (χ3v) is 4.61. The van der Waals surface area contributed by atoms with Crippen molar-refractivity contribution < 1.29 is 14.9 Å². The molecule has 24 heavy (non-hydrogen) atoms. The highest BCUT2D eigenvalue weighted by Crippen LogP contribution is 2.33. The number of phenolic OH excluding ortho intramolecular Hbond substituents is 2. The monoisotopic (exact) mass is 339 g/mol. The topological polar surface area (TPSA) is 79.9 Å². The van der Waals surface area contributed by atoms with Gasteiger partial charge in [-0.1, -0.05) is 11.3 Å². The number of aromatic nitrogens is 3. The predicted octanol–water partition coefficient (Wildman–Crippen LogP) is 3.54. The van der Waals surface area contributed by atoms with Crippen molar-refractivity contribution in [3.63, 3.8) is 0 Å². The number of phenols is 2. The molecule has 0 aliphatic heterocycles. The number of nitrogens with zero attached hydrogens (tertiary/aromatic N) is 3. The number of hydrogen-bond acceptors (Lipinski definition) is 6. The highest BCUT2D eigenvalue weighted by molar-refractivity contribution is 7.19. The van der Waals surface area contributed by atoms with E-state index in [1.807, 2.05) is 24.3 Å². The molecule has 120 valence electrons. The van der Waals surface area contributed by atoms with Crippen LogP contribution in [-0.4, -0.2) is 31.9 Å². The van der Waals surface area contributed by atoms with E-state index in [4.69, 9.17) is 4.74 Å². The van der Waals surface area contributed by atoms with E-state index in [-0.39, 0.29) is 11.5 Å². The van der Waals surface area contributed by atoms with Crippen LogP contribution in [0.3, 0.4) is 0 Å². The maximum Gasteiger partial charge on any atom is 0.213 e. The van der Waals surface area contributed by atoms with Crippen LogP contribution in [0, 0.1) is 0 Å². The second-order valence-electron chi connectivity index (χ2n) is 5.19. The first-order valence-electron chi connectivity index (χ1n) is 7.17. The maximum absolute atomic E-state index is 9.95. The van der Waals surface area contributed by atoms with Crippen LogP contribution in [-0.2, 0) is 0 Å². The average Bonchev–Trinajstić information content (AvgIpc) is 3.14. The van der Waals surface area contributed by atoms with Crippen LogP contribution >= 0.6 is 11.3 Å². The van der Waals surface area contributed by atoms with Crippen molar-refractivity contribution in [3.05, 3.63) is 48.7 Å². The minimum atomic E-state index is -0.0175. The molecule has 0 spiro atoms. The van der Waals surface area contributed by atoms with E-state index >= 15 is 0 Å². The summed E-state index contributed by atoms with van der Waals surface area (Å²) in [6.45, 7) is 0. The van der Waals surface area contributed by atoms with Crippen molar-refractivity contribution in [3.8, 4) is 39.1 Å². The molecule has 0 amide bonds. The van der Waals surface area contributed by atoms with Crippen molar-refractivity contribution in [1.82, 2.24) is 14.6 Å². The fourth-order valence-corrected chi connectivity index (χ4v) is 3.30. The number of aromatic hydroxyl groups is 2. The summed E-state index contributed by atoms with van der Waals surface area (Å²) in [5.41, 5.74) is 2.14. The predicted molar refractivity (Wildman–Crippen MR) is 91.6 cm³/mol. The molecule has 0 aliphatic rings. The lowest BCUT2D eigenvalue weighted by Crippen LogP contribution is -1.84. The summed E-state index contributed by atoms with van der Waals surface area (Å²) in [7, 11) is 1.63. The number of methoxy groups -OCH3 is 1. The Hall–Kier alpha value is -3.06. The Labute approximate surface area is 141 Å². The van der Waals surface area contributed by atoms with Crippen molar-refractivity contribution in [2.45, 2.75) is 0 Å². The molecule has 2 aromatic carbocycles. The van der Waals surface area contributed by atoms with Crippen LogP contribution in [0.5, 0.6) is 17.2 Å². The van der Waals surface area contributed by atoms with Gasteiger partial charge in [0.15, 0.2) is 0 Å². The van der Waals surface area contributed by atoms with Gasteiger partial charge < -0.3 is 14.9 Å². The number of imidazole rings is 1. The van der Waals surface area contributed by atoms with E-state index < -0.39 is 0 Å². The van der Waals surface area contributed by atoms with Gasteiger partial charge in [-0.3, -0.25) is 0 Å². The van der Waals surface area contributed by atoms with Gasteiger partial charge in [-0.2, -0.15) is 5.10 Å². The third kappa shape index (κ3) is 2.44. The van der Waals surface area contributed by atoms with Gasteiger partial charge in [-0.15, -0.1) is 0 Å². The van der Waals surface area contributed by atoms with Crippen LogP contribution in [0.25, 0.3) is 26.8 Å². The first-order valence-corrected chi connectivity index (χ1v) is 7.99. The summed E-state index contributed by atoms with van der Waals surface area (Å²) in [6.07, 6.45) is 1.75. The number of fused-ring (bicyclic) bond motifs is 1. The normalized spacial score (nSPS) is 11.0. The van der Waals surface area contributed by atoms with Gasteiger partial charge in [0.05, 0.1) is 19.0 Å². The molecule has 6 nitrogen and oxygen atoms in total. The van der Waals surface area contributed by atoms with Gasteiger partial charge in [-0.05, 0) is 36.4 Å². The zero-order chi connectivity index (χ0) is 16.7. The lowest BCUT2D eigenvalue weighted by Gasteiger charge is -2.01. The molecule has 0 saturated carbocycles. The molecule has 7 heteroatoms. The summed E-state index contributed by atoms with van der Waals surface area (Å²) >= 11 is 1.46. The Morgan fingerprint density at radius 3 is 2.54 bits per heavy atom. The molecule has 4 aromatic rings. The molecule has 2 N–H and O–H groups in total. The van der Waals surface area contributed by atoms with E-state index in [1.54, 1.807) is 23.9 Å². The average molecular weight is 339 g/mol. The summed E-state index contributed by atoms with van der Waals surface area (Å²) in [5, 5.41) is 24.7. The quantitative estimate of drug-likeness (QED) is 0.597. The fraction of sp³-hybridized carbons (Fsp3) is 0.0588. The molecule has 0 unspecified atom stereocenters. The van der Waals surface area contributed by atoms with Crippen LogP contribution in [0.2, 0.25) is 0 Å². The zero-order valence-corrected chi connectivity index (χ0v) is 13.5. The van der Waals surface area contributed by atoms with Crippen molar-refractivity contribution >= 4 is 16.3 Å². The molecule has 0 fully saturated rings. The van der Waals surface area contributed by atoms with Gasteiger partial charge in [0.2, 0.25) is 4.96 Å². The maximum atomic E-state index is 9.95. The van der Waals surface area contributed by atoms with Crippen molar-refractivity contribution in [2.75, 3.05) is 7.11 Å². The number of rotatable bonds is 3. The van der Waals surface area contributed by atoms with Gasteiger partial charge in [0.1, 0.15) is 22.3 Å². The minimum absolute atomic E-state index is 0.0113. The van der Waals surface area contributed by atoms with E-state index in [0.717, 1.165) is 21.3 Å². The smallest absolute Gasteiger partial charge is 0.213 e. The molecular weight excluding hydrogens is 326 g/mol. The Morgan fingerprint density at radius 1 is 1.08 bits per heavy atom. The lowest BCUT2D eigenvalue weighted by molar-refractivity contribution is 0.415. The molecular formula is C17H13N3O3S.